The third-order valence-corrected chi connectivity index (χ3v) is 5.38. The van der Waals surface area contributed by atoms with Gasteiger partial charge in [-0.15, -0.1) is 0 Å². The molecule has 4 rings (SSSR count). The van der Waals surface area contributed by atoms with Gasteiger partial charge in [0, 0.05) is 42.4 Å². The minimum absolute atomic E-state index is 0.218. The monoisotopic (exact) mass is 421 g/mol. The number of ether oxygens (including phenoxy) is 1. The number of rotatable bonds is 4. The first-order chi connectivity index (χ1) is 14.9. The maximum Gasteiger partial charge on any atom is 0.316 e. The Kier molecular flexibility index (Phi) is 5.69. The number of hydrogen-bond acceptors (Lipinski definition) is 8. The second kappa shape index (κ2) is 8.43. The summed E-state index contributed by atoms with van der Waals surface area (Å²) in [7, 11) is 1.51. The Balaban J connectivity index is 1.76. The van der Waals surface area contributed by atoms with Gasteiger partial charge in [0.15, 0.2) is 0 Å². The molecule has 162 valence electrons. The van der Waals surface area contributed by atoms with Crippen LogP contribution in [0.4, 0.5) is 11.4 Å². The van der Waals surface area contributed by atoms with E-state index >= 15 is 0 Å². The van der Waals surface area contributed by atoms with Gasteiger partial charge in [0.2, 0.25) is 0 Å². The van der Waals surface area contributed by atoms with Crippen molar-refractivity contribution in [1.29, 1.82) is 0 Å². The first kappa shape index (κ1) is 20.9. The maximum atomic E-state index is 13.2. The second-order valence-electron chi connectivity index (χ2n) is 8.00. The fourth-order valence-corrected chi connectivity index (χ4v) is 4.07. The quantitative estimate of drug-likeness (QED) is 0.662. The van der Waals surface area contributed by atoms with Crippen molar-refractivity contribution in [1.82, 2.24) is 25.3 Å². The van der Waals surface area contributed by atoms with Crippen molar-refractivity contribution in [2.24, 2.45) is 0 Å². The molecule has 1 fully saturated rings. The standard InChI is InChI=1S/C22H27N7O2/c1-12-10-29(11-13(2)25-12)19-7-6-16(20-17(19)8-24-22(28-20)31-5)21(30)27-18-9-23-15(4)26-14(18)3/h6-9,12-13,25H,10-11H2,1-5H3,(H,27,30). The molecule has 0 aliphatic carbocycles. The van der Waals surface area contributed by atoms with E-state index in [2.05, 4.69) is 49.3 Å². The van der Waals surface area contributed by atoms with Crippen LogP contribution in [0.15, 0.2) is 24.5 Å². The summed E-state index contributed by atoms with van der Waals surface area (Å²) in [6, 6.07) is 4.70. The molecule has 1 aliphatic heterocycles. The smallest absolute Gasteiger partial charge is 0.316 e. The molecule has 1 saturated heterocycles. The molecule has 0 spiro atoms. The van der Waals surface area contributed by atoms with Crippen LogP contribution >= 0.6 is 0 Å². The van der Waals surface area contributed by atoms with Crippen LogP contribution in [0.1, 0.15) is 35.7 Å². The van der Waals surface area contributed by atoms with Gasteiger partial charge in [0.25, 0.3) is 5.91 Å². The molecule has 0 saturated carbocycles. The van der Waals surface area contributed by atoms with Gasteiger partial charge in [0.1, 0.15) is 5.82 Å². The number of aryl methyl sites for hydroxylation is 2. The van der Waals surface area contributed by atoms with Crippen molar-refractivity contribution in [2.45, 2.75) is 39.8 Å². The molecule has 31 heavy (non-hydrogen) atoms. The number of aromatic nitrogens is 4. The molecule has 0 bridgehead atoms. The largest absolute Gasteiger partial charge is 0.467 e. The number of piperazine rings is 1. The number of anilines is 2. The topological polar surface area (TPSA) is 105 Å². The molecule has 0 radical (unpaired) electrons. The normalized spacial score (nSPS) is 18.8. The van der Waals surface area contributed by atoms with E-state index in [4.69, 9.17) is 4.74 Å². The highest BCUT2D eigenvalue weighted by atomic mass is 16.5. The first-order valence-corrected chi connectivity index (χ1v) is 10.3. The SMILES string of the molecule is COc1ncc2c(N3CC(C)NC(C)C3)ccc(C(=O)Nc3cnc(C)nc3C)c2n1. The van der Waals surface area contributed by atoms with Crippen molar-refractivity contribution in [3.05, 3.63) is 41.6 Å². The number of nitrogens with one attached hydrogen (secondary N) is 2. The number of methoxy groups -OCH3 is 1. The van der Waals surface area contributed by atoms with Gasteiger partial charge in [-0.25, -0.2) is 15.0 Å². The molecule has 2 atom stereocenters. The van der Waals surface area contributed by atoms with Gasteiger partial charge in [-0.2, -0.15) is 4.98 Å². The van der Waals surface area contributed by atoms with E-state index in [0.29, 0.717) is 40.4 Å². The van der Waals surface area contributed by atoms with Crippen molar-refractivity contribution in [3.8, 4) is 6.01 Å². The third kappa shape index (κ3) is 4.27. The third-order valence-electron chi connectivity index (χ3n) is 5.38. The average molecular weight is 422 g/mol. The number of carbonyl (C=O) groups excluding carboxylic acids is 1. The summed E-state index contributed by atoms with van der Waals surface area (Å²) in [5, 5.41) is 7.26. The van der Waals surface area contributed by atoms with Crippen molar-refractivity contribution >= 4 is 28.2 Å². The first-order valence-electron chi connectivity index (χ1n) is 10.3. The molecule has 9 heteroatoms. The Morgan fingerprint density at radius 2 is 1.87 bits per heavy atom. The number of fused-ring (bicyclic) bond motifs is 1. The summed E-state index contributed by atoms with van der Waals surface area (Å²) < 4.78 is 5.23. The molecule has 2 N–H and O–H groups in total. The van der Waals surface area contributed by atoms with Crippen LogP contribution < -0.4 is 20.3 Å². The summed E-state index contributed by atoms with van der Waals surface area (Å²) in [6.07, 6.45) is 3.34. The minimum Gasteiger partial charge on any atom is -0.467 e. The summed E-state index contributed by atoms with van der Waals surface area (Å²) in [5.41, 5.74) is 3.27. The van der Waals surface area contributed by atoms with E-state index in [0.717, 1.165) is 24.2 Å². The van der Waals surface area contributed by atoms with Gasteiger partial charge in [0.05, 0.1) is 35.8 Å². The van der Waals surface area contributed by atoms with E-state index in [9.17, 15) is 4.79 Å². The summed E-state index contributed by atoms with van der Waals surface area (Å²) >= 11 is 0. The lowest BCUT2D eigenvalue weighted by Crippen LogP contribution is -2.54. The zero-order valence-electron chi connectivity index (χ0n) is 18.4. The van der Waals surface area contributed by atoms with Gasteiger partial charge in [-0.3, -0.25) is 4.79 Å². The van der Waals surface area contributed by atoms with E-state index in [1.807, 2.05) is 19.9 Å². The molecule has 3 aromatic rings. The van der Waals surface area contributed by atoms with Gasteiger partial charge in [-0.05, 0) is 39.8 Å². The lowest BCUT2D eigenvalue weighted by atomic mass is 10.0. The van der Waals surface area contributed by atoms with Gasteiger partial charge in [-0.1, -0.05) is 0 Å². The average Bonchev–Trinajstić information content (AvgIpc) is 2.73. The Morgan fingerprint density at radius 3 is 2.55 bits per heavy atom. The van der Waals surface area contributed by atoms with E-state index in [-0.39, 0.29) is 11.9 Å². The van der Waals surface area contributed by atoms with Crippen LogP contribution in [0.5, 0.6) is 6.01 Å². The van der Waals surface area contributed by atoms with Crippen LogP contribution in [0, 0.1) is 13.8 Å². The lowest BCUT2D eigenvalue weighted by molar-refractivity contribution is 0.102. The second-order valence-corrected chi connectivity index (χ2v) is 8.00. The summed E-state index contributed by atoms with van der Waals surface area (Å²) in [6.45, 7) is 9.69. The number of amides is 1. The van der Waals surface area contributed by atoms with E-state index < -0.39 is 0 Å². The molecule has 1 aromatic carbocycles. The predicted molar refractivity (Wildman–Crippen MR) is 120 cm³/mol. The van der Waals surface area contributed by atoms with Gasteiger partial charge < -0.3 is 20.3 Å². The molecule has 3 heterocycles. The fraction of sp³-hybridized carbons (Fsp3) is 0.409. The van der Waals surface area contributed by atoms with E-state index in [1.165, 1.54) is 7.11 Å². The van der Waals surface area contributed by atoms with Gasteiger partial charge >= 0.3 is 6.01 Å². The lowest BCUT2D eigenvalue weighted by Gasteiger charge is -2.38. The number of nitrogens with zero attached hydrogens (tertiary/aromatic N) is 5. The van der Waals surface area contributed by atoms with Crippen molar-refractivity contribution in [2.75, 3.05) is 30.4 Å². The Morgan fingerprint density at radius 1 is 1.13 bits per heavy atom. The Labute approximate surface area is 181 Å². The summed E-state index contributed by atoms with van der Waals surface area (Å²) in [4.78, 5) is 32.8. The number of carbonyl (C=O) groups is 1. The Hall–Kier alpha value is -3.33. The highest BCUT2D eigenvalue weighted by Gasteiger charge is 2.24. The fourth-order valence-electron chi connectivity index (χ4n) is 4.07. The molecule has 1 amide bonds. The van der Waals surface area contributed by atoms with Crippen molar-refractivity contribution in [3.63, 3.8) is 0 Å². The predicted octanol–water partition coefficient (Wildman–Crippen LogP) is 2.48. The Bertz CT molecular complexity index is 1120. The number of benzene rings is 1. The highest BCUT2D eigenvalue weighted by molar-refractivity contribution is 6.14. The number of hydrogen-bond donors (Lipinski definition) is 2. The zero-order chi connectivity index (χ0) is 22.1. The molecular formula is C22H27N7O2. The highest BCUT2D eigenvalue weighted by Crippen LogP contribution is 2.31. The molecule has 2 aromatic heterocycles. The maximum absolute atomic E-state index is 13.2. The molecule has 9 nitrogen and oxygen atoms in total. The molecule has 1 aliphatic rings. The van der Waals surface area contributed by atoms with Crippen LogP contribution in [0.2, 0.25) is 0 Å². The van der Waals surface area contributed by atoms with Crippen LogP contribution in [-0.4, -0.2) is 58.1 Å². The zero-order valence-corrected chi connectivity index (χ0v) is 18.4. The van der Waals surface area contributed by atoms with Crippen LogP contribution in [0.25, 0.3) is 10.9 Å². The summed E-state index contributed by atoms with van der Waals surface area (Å²) in [5.74, 6) is 0.372. The molecular weight excluding hydrogens is 394 g/mol. The van der Waals surface area contributed by atoms with Crippen molar-refractivity contribution < 1.29 is 9.53 Å². The van der Waals surface area contributed by atoms with Crippen LogP contribution in [0.3, 0.4) is 0 Å². The van der Waals surface area contributed by atoms with E-state index in [1.54, 1.807) is 18.5 Å². The minimum atomic E-state index is -0.282. The van der Waals surface area contributed by atoms with Crippen LogP contribution in [-0.2, 0) is 0 Å². The molecule has 2 unspecified atom stereocenters.